The summed E-state index contributed by atoms with van der Waals surface area (Å²) in [7, 11) is 0. The van der Waals surface area contributed by atoms with Crippen LogP contribution in [0.3, 0.4) is 0 Å². The minimum absolute atomic E-state index is 0.109. The Morgan fingerprint density at radius 3 is 2.56 bits per heavy atom. The Bertz CT molecular complexity index is 394. The molecule has 1 aliphatic carbocycles. The number of hydrogen-bond acceptors (Lipinski definition) is 2. The van der Waals surface area contributed by atoms with E-state index in [9.17, 15) is 9.90 Å². The van der Waals surface area contributed by atoms with E-state index in [2.05, 4.69) is 12.2 Å². The lowest BCUT2D eigenvalue weighted by Crippen LogP contribution is -2.45. The topological polar surface area (TPSA) is 49.3 Å². The Kier molecular flexibility index (Phi) is 4.02. The molecule has 0 spiro atoms. The summed E-state index contributed by atoms with van der Waals surface area (Å²) >= 11 is 0. The van der Waals surface area contributed by atoms with Gasteiger partial charge in [-0.15, -0.1) is 0 Å². The average molecular weight is 247 g/mol. The van der Waals surface area contributed by atoms with E-state index in [-0.39, 0.29) is 5.91 Å². The van der Waals surface area contributed by atoms with Crippen molar-refractivity contribution < 1.29 is 9.90 Å². The average Bonchev–Trinajstić information content (AvgIpc) is 2.41. The smallest absolute Gasteiger partial charge is 0.251 e. The van der Waals surface area contributed by atoms with Crippen molar-refractivity contribution >= 4 is 5.91 Å². The number of nitrogens with one attached hydrogen (secondary N) is 1. The molecule has 0 aliphatic heterocycles. The van der Waals surface area contributed by atoms with E-state index in [1.165, 1.54) is 0 Å². The van der Waals surface area contributed by atoms with Crippen molar-refractivity contribution in [3.8, 4) is 0 Å². The van der Waals surface area contributed by atoms with E-state index < -0.39 is 5.60 Å². The van der Waals surface area contributed by atoms with Crippen molar-refractivity contribution in [2.24, 2.45) is 5.92 Å². The van der Waals surface area contributed by atoms with Crippen molar-refractivity contribution in [3.63, 3.8) is 0 Å². The second-order valence-electron chi connectivity index (χ2n) is 5.46. The SMILES string of the molecule is CC1CCC(O)(CNC(=O)c2ccccc2)CC1. The monoisotopic (exact) mass is 247 g/mol. The summed E-state index contributed by atoms with van der Waals surface area (Å²) < 4.78 is 0. The first-order valence-electron chi connectivity index (χ1n) is 6.65. The fourth-order valence-corrected chi connectivity index (χ4v) is 2.41. The van der Waals surface area contributed by atoms with Gasteiger partial charge in [0.25, 0.3) is 5.91 Å². The molecule has 2 N–H and O–H groups in total. The summed E-state index contributed by atoms with van der Waals surface area (Å²) in [4.78, 5) is 11.9. The largest absolute Gasteiger partial charge is 0.388 e. The number of carbonyl (C=O) groups is 1. The molecule has 0 heterocycles. The fraction of sp³-hybridized carbons (Fsp3) is 0.533. The summed E-state index contributed by atoms with van der Waals surface area (Å²) in [5.41, 5.74) is -0.0676. The molecule has 98 valence electrons. The first-order chi connectivity index (χ1) is 8.59. The van der Waals surface area contributed by atoms with Gasteiger partial charge in [-0.2, -0.15) is 0 Å². The molecular weight excluding hydrogens is 226 g/mol. The third-order valence-electron chi connectivity index (χ3n) is 3.82. The van der Waals surface area contributed by atoms with Crippen LogP contribution in [-0.2, 0) is 0 Å². The molecule has 0 radical (unpaired) electrons. The second-order valence-corrected chi connectivity index (χ2v) is 5.46. The second kappa shape index (κ2) is 5.53. The normalized spacial score (nSPS) is 27.8. The number of amides is 1. The molecule has 3 nitrogen and oxygen atoms in total. The maximum absolute atomic E-state index is 11.9. The van der Waals surface area contributed by atoms with E-state index in [4.69, 9.17) is 0 Å². The first-order valence-corrected chi connectivity index (χ1v) is 6.65. The molecule has 0 bridgehead atoms. The van der Waals surface area contributed by atoms with Gasteiger partial charge < -0.3 is 10.4 Å². The Balaban J connectivity index is 1.86. The lowest BCUT2D eigenvalue weighted by atomic mass is 9.79. The van der Waals surface area contributed by atoms with Gasteiger partial charge in [0, 0.05) is 12.1 Å². The summed E-state index contributed by atoms with van der Waals surface area (Å²) in [5.74, 6) is 0.581. The lowest BCUT2D eigenvalue weighted by molar-refractivity contribution is -0.00539. The van der Waals surface area contributed by atoms with Crippen molar-refractivity contribution in [2.45, 2.75) is 38.2 Å². The van der Waals surface area contributed by atoms with Gasteiger partial charge in [-0.3, -0.25) is 4.79 Å². The molecule has 1 aromatic carbocycles. The van der Waals surface area contributed by atoms with Gasteiger partial charge in [-0.25, -0.2) is 0 Å². The van der Waals surface area contributed by atoms with Gasteiger partial charge in [-0.05, 0) is 43.7 Å². The quantitative estimate of drug-likeness (QED) is 0.861. The molecule has 0 atom stereocenters. The predicted octanol–water partition coefficient (Wildman–Crippen LogP) is 2.36. The highest BCUT2D eigenvalue weighted by Crippen LogP contribution is 2.31. The first kappa shape index (κ1) is 13.1. The van der Waals surface area contributed by atoms with Crippen LogP contribution in [0.2, 0.25) is 0 Å². The molecule has 18 heavy (non-hydrogen) atoms. The Morgan fingerprint density at radius 2 is 1.94 bits per heavy atom. The van der Waals surface area contributed by atoms with Gasteiger partial charge >= 0.3 is 0 Å². The maximum atomic E-state index is 11.9. The van der Waals surface area contributed by atoms with Crippen LogP contribution in [0.15, 0.2) is 30.3 Å². The Hall–Kier alpha value is -1.35. The van der Waals surface area contributed by atoms with Gasteiger partial charge in [-0.1, -0.05) is 25.1 Å². The third kappa shape index (κ3) is 3.33. The highest BCUT2D eigenvalue weighted by atomic mass is 16.3. The molecule has 2 rings (SSSR count). The predicted molar refractivity (Wildman–Crippen MR) is 71.4 cm³/mol. The van der Waals surface area contributed by atoms with Gasteiger partial charge in [0.2, 0.25) is 0 Å². The van der Waals surface area contributed by atoms with Crippen LogP contribution in [0.5, 0.6) is 0 Å². The molecule has 1 saturated carbocycles. The molecular formula is C15H21NO2. The lowest BCUT2D eigenvalue weighted by Gasteiger charge is -2.34. The standard InChI is InChI=1S/C15H21NO2/c1-12-7-9-15(18,10-8-12)11-16-14(17)13-5-3-2-4-6-13/h2-6,12,18H,7-11H2,1H3,(H,16,17). The van der Waals surface area contributed by atoms with E-state index in [0.29, 0.717) is 18.0 Å². The van der Waals surface area contributed by atoms with Crippen LogP contribution in [0.4, 0.5) is 0 Å². The number of carbonyl (C=O) groups excluding carboxylic acids is 1. The summed E-state index contributed by atoms with van der Waals surface area (Å²) in [6.07, 6.45) is 3.64. The molecule has 3 heteroatoms. The molecule has 0 saturated heterocycles. The van der Waals surface area contributed by atoms with Gasteiger partial charge in [0.15, 0.2) is 0 Å². The molecule has 0 unspecified atom stereocenters. The Morgan fingerprint density at radius 1 is 1.33 bits per heavy atom. The highest BCUT2D eigenvalue weighted by Gasteiger charge is 2.31. The van der Waals surface area contributed by atoms with Gasteiger partial charge in [0.05, 0.1) is 5.60 Å². The zero-order valence-electron chi connectivity index (χ0n) is 10.9. The van der Waals surface area contributed by atoms with Crippen LogP contribution in [-0.4, -0.2) is 23.2 Å². The van der Waals surface area contributed by atoms with Crippen molar-refractivity contribution in [2.75, 3.05) is 6.54 Å². The van der Waals surface area contributed by atoms with Crippen LogP contribution in [0.25, 0.3) is 0 Å². The molecule has 1 aromatic rings. The van der Waals surface area contributed by atoms with Crippen molar-refractivity contribution in [1.82, 2.24) is 5.32 Å². The van der Waals surface area contributed by atoms with E-state index in [1.54, 1.807) is 12.1 Å². The zero-order chi connectivity index (χ0) is 13.0. The van der Waals surface area contributed by atoms with Crippen molar-refractivity contribution in [3.05, 3.63) is 35.9 Å². The summed E-state index contributed by atoms with van der Waals surface area (Å²) in [6, 6.07) is 9.12. The third-order valence-corrected chi connectivity index (χ3v) is 3.82. The molecule has 1 amide bonds. The molecule has 1 fully saturated rings. The highest BCUT2D eigenvalue weighted by molar-refractivity contribution is 5.94. The van der Waals surface area contributed by atoms with E-state index in [0.717, 1.165) is 25.7 Å². The fourth-order valence-electron chi connectivity index (χ4n) is 2.41. The maximum Gasteiger partial charge on any atom is 0.251 e. The summed E-state index contributed by atoms with van der Waals surface area (Å²) in [6.45, 7) is 2.57. The number of hydrogen-bond donors (Lipinski definition) is 2. The Labute approximate surface area is 108 Å². The van der Waals surface area contributed by atoms with E-state index >= 15 is 0 Å². The number of aliphatic hydroxyl groups is 1. The van der Waals surface area contributed by atoms with Crippen LogP contribution >= 0.6 is 0 Å². The number of benzene rings is 1. The van der Waals surface area contributed by atoms with Crippen LogP contribution in [0, 0.1) is 5.92 Å². The zero-order valence-corrected chi connectivity index (χ0v) is 10.9. The van der Waals surface area contributed by atoms with Crippen molar-refractivity contribution in [1.29, 1.82) is 0 Å². The van der Waals surface area contributed by atoms with Crippen LogP contribution < -0.4 is 5.32 Å². The number of rotatable bonds is 3. The van der Waals surface area contributed by atoms with Crippen LogP contribution in [0.1, 0.15) is 43.0 Å². The van der Waals surface area contributed by atoms with Gasteiger partial charge in [0.1, 0.15) is 0 Å². The molecule has 0 aromatic heterocycles. The minimum Gasteiger partial charge on any atom is -0.388 e. The van der Waals surface area contributed by atoms with E-state index in [1.807, 2.05) is 18.2 Å². The summed E-state index contributed by atoms with van der Waals surface area (Å²) in [5, 5.41) is 13.2. The molecule has 1 aliphatic rings. The minimum atomic E-state index is -0.711.